The number of anilines is 2. The maximum Gasteiger partial charge on any atom is 0.321 e. The van der Waals surface area contributed by atoms with Crippen LogP contribution in [-0.2, 0) is 46.6 Å². The quantitative estimate of drug-likeness (QED) is 0.179. The number of carbonyl (C=O) groups is 3. The van der Waals surface area contributed by atoms with Gasteiger partial charge in [-0.3, -0.25) is 14.4 Å². The zero-order valence-corrected chi connectivity index (χ0v) is 24.3. The minimum Gasteiger partial charge on any atom is -0.347 e. The van der Waals surface area contributed by atoms with Gasteiger partial charge in [-0.2, -0.15) is 13.9 Å². The predicted molar refractivity (Wildman–Crippen MR) is 159 cm³/mol. The van der Waals surface area contributed by atoms with Gasteiger partial charge in [0, 0.05) is 19.9 Å². The van der Waals surface area contributed by atoms with Crippen molar-refractivity contribution in [3.63, 3.8) is 0 Å². The Hall–Kier alpha value is -4.65. The summed E-state index contributed by atoms with van der Waals surface area (Å²) in [5.41, 5.74) is 3.02. The number of halogens is 2. The summed E-state index contributed by atoms with van der Waals surface area (Å²) in [7, 11) is 0. The number of rotatable bonds is 14. The SMILES string of the molecule is CC(F)(F)C(=O)NCc1cccc(CC(=O)Nc2nnc(CCCCc3ccc(NC(=O)Cc4ccccc4)nn3)s2)c1. The van der Waals surface area contributed by atoms with Gasteiger partial charge in [-0.05, 0) is 48.1 Å². The summed E-state index contributed by atoms with van der Waals surface area (Å²) in [6, 6.07) is 19.9. The van der Waals surface area contributed by atoms with Crippen molar-refractivity contribution in [1.29, 1.82) is 0 Å². The summed E-state index contributed by atoms with van der Waals surface area (Å²) >= 11 is 1.30. The molecule has 0 radical (unpaired) electrons. The van der Waals surface area contributed by atoms with Crippen LogP contribution in [0.2, 0.25) is 0 Å². The van der Waals surface area contributed by atoms with Crippen LogP contribution in [0.15, 0.2) is 66.7 Å². The lowest BCUT2D eigenvalue weighted by Crippen LogP contribution is -2.37. The highest BCUT2D eigenvalue weighted by Gasteiger charge is 2.31. The fraction of sp³-hybridized carbons (Fsp3) is 0.300. The Labute approximate surface area is 251 Å². The van der Waals surface area contributed by atoms with Gasteiger partial charge in [-0.25, -0.2) is 0 Å². The second kappa shape index (κ2) is 15.0. The van der Waals surface area contributed by atoms with Gasteiger partial charge in [0.05, 0.1) is 18.5 Å². The molecular weight excluding hydrogens is 576 g/mol. The first kappa shape index (κ1) is 31.3. The largest absolute Gasteiger partial charge is 0.347 e. The van der Waals surface area contributed by atoms with Crippen molar-refractivity contribution in [2.75, 3.05) is 10.6 Å². The van der Waals surface area contributed by atoms with Gasteiger partial charge in [0.2, 0.25) is 16.9 Å². The van der Waals surface area contributed by atoms with Gasteiger partial charge >= 0.3 is 5.92 Å². The summed E-state index contributed by atoms with van der Waals surface area (Å²) in [6.07, 6.45) is 3.42. The van der Waals surface area contributed by atoms with Crippen molar-refractivity contribution < 1.29 is 23.2 Å². The number of aryl methyl sites for hydroxylation is 2. The minimum atomic E-state index is -3.45. The summed E-state index contributed by atoms with van der Waals surface area (Å²) < 4.78 is 26.1. The molecule has 0 bridgehead atoms. The Morgan fingerprint density at radius 2 is 1.47 bits per heavy atom. The smallest absolute Gasteiger partial charge is 0.321 e. The molecule has 0 atom stereocenters. The van der Waals surface area contributed by atoms with Gasteiger partial charge in [0.15, 0.2) is 5.82 Å². The number of hydrogen-bond acceptors (Lipinski definition) is 8. The van der Waals surface area contributed by atoms with Crippen molar-refractivity contribution in [2.45, 2.75) is 57.9 Å². The van der Waals surface area contributed by atoms with Crippen LogP contribution in [0, 0.1) is 0 Å². The highest BCUT2D eigenvalue weighted by Crippen LogP contribution is 2.19. The average Bonchev–Trinajstić information content (AvgIpc) is 3.41. The molecule has 0 aliphatic rings. The Balaban J connectivity index is 1.15. The Kier molecular flexibility index (Phi) is 10.9. The third kappa shape index (κ3) is 10.6. The number of hydrogen-bond donors (Lipinski definition) is 3. The fourth-order valence-corrected chi connectivity index (χ4v) is 4.85. The number of aromatic nitrogens is 4. The normalized spacial score (nSPS) is 11.1. The van der Waals surface area contributed by atoms with Crippen molar-refractivity contribution in [2.24, 2.45) is 0 Å². The predicted octanol–water partition coefficient (Wildman–Crippen LogP) is 4.53. The van der Waals surface area contributed by atoms with E-state index in [1.807, 2.05) is 36.4 Å². The van der Waals surface area contributed by atoms with Crippen LogP contribution in [0.3, 0.4) is 0 Å². The maximum atomic E-state index is 13.0. The molecule has 0 saturated heterocycles. The summed E-state index contributed by atoms with van der Waals surface area (Å²) in [5.74, 6) is -4.84. The van der Waals surface area contributed by atoms with E-state index in [0.29, 0.717) is 35.4 Å². The van der Waals surface area contributed by atoms with Crippen molar-refractivity contribution >= 4 is 40.0 Å². The van der Waals surface area contributed by atoms with E-state index in [4.69, 9.17) is 0 Å². The van der Waals surface area contributed by atoms with Crippen LogP contribution in [-0.4, -0.2) is 44.0 Å². The highest BCUT2D eigenvalue weighted by atomic mass is 32.1. The molecular formula is C30H31F2N7O3S. The Bertz CT molecular complexity index is 1530. The molecule has 2 aromatic carbocycles. The van der Waals surface area contributed by atoms with Gasteiger partial charge in [-0.15, -0.1) is 15.3 Å². The number of unbranched alkanes of at least 4 members (excludes halogenated alkanes) is 1. The molecule has 0 spiro atoms. The van der Waals surface area contributed by atoms with Crippen molar-refractivity contribution in [1.82, 2.24) is 25.7 Å². The fourth-order valence-electron chi connectivity index (χ4n) is 4.05. The zero-order valence-electron chi connectivity index (χ0n) is 23.5. The summed E-state index contributed by atoms with van der Waals surface area (Å²) in [4.78, 5) is 36.1. The molecule has 2 heterocycles. The molecule has 0 saturated carbocycles. The molecule has 224 valence electrons. The average molecular weight is 608 g/mol. The lowest BCUT2D eigenvalue weighted by Gasteiger charge is -2.11. The number of amides is 3. The minimum absolute atomic E-state index is 0.0527. The van der Waals surface area contributed by atoms with E-state index in [-0.39, 0.29) is 31.2 Å². The van der Waals surface area contributed by atoms with E-state index >= 15 is 0 Å². The molecule has 4 aromatic rings. The molecule has 3 N–H and O–H groups in total. The van der Waals surface area contributed by atoms with Gasteiger partial charge < -0.3 is 16.0 Å². The molecule has 43 heavy (non-hydrogen) atoms. The highest BCUT2D eigenvalue weighted by molar-refractivity contribution is 7.15. The maximum absolute atomic E-state index is 13.0. The van der Waals surface area contributed by atoms with Crippen LogP contribution in [0.5, 0.6) is 0 Å². The van der Waals surface area contributed by atoms with Crippen LogP contribution in [0.25, 0.3) is 0 Å². The van der Waals surface area contributed by atoms with E-state index in [9.17, 15) is 23.2 Å². The van der Waals surface area contributed by atoms with E-state index in [0.717, 1.165) is 35.5 Å². The summed E-state index contributed by atoms with van der Waals surface area (Å²) in [5, 5.41) is 25.4. The van der Waals surface area contributed by atoms with Gasteiger partial charge in [0.1, 0.15) is 5.01 Å². The van der Waals surface area contributed by atoms with Crippen LogP contribution >= 0.6 is 11.3 Å². The molecule has 0 fully saturated rings. The number of nitrogens with zero attached hydrogens (tertiary/aromatic N) is 4. The zero-order chi connectivity index (χ0) is 30.7. The first-order valence-electron chi connectivity index (χ1n) is 13.7. The van der Waals surface area contributed by atoms with Gasteiger partial charge in [-0.1, -0.05) is 65.9 Å². The third-order valence-electron chi connectivity index (χ3n) is 6.19. The summed E-state index contributed by atoms with van der Waals surface area (Å²) in [6.45, 7) is 0.470. The first-order valence-corrected chi connectivity index (χ1v) is 14.5. The number of carbonyl (C=O) groups excluding carboxylic acids is 3. The van der Waals surface area contributed by atoms with E-state index in [2.05, 4.69) is 36.3 Å². The second-order valence-electron chi connectivity index (χ2n) is 9.94. The molecule has 2 aromatic heterocycles. The van der Waals surface area contributed by atoms with E-state index in [1.165, 1.54) is 11.3 Å². The second-order valence-corrected chi connectivity index (χ2v) is 11.0. The van der Waals surface area contributed by atoms with Crippen LogP contribution in [0.4, 0.5) is 19.7 Å². The molecule has 0 aliphatic carbocycles. The van der Waals surface area contributed by atoms with E-state index in [1.54, 1.807) is 30.3 Å². The molecule has 4 rings (SSSR count). The molecule has 13 heteroatoms. The molecule has 10 nitrogen and oxygen atoms in total. The van der Waals surface area contributed by atoms with Crippen LogP contribution in [0.1, 0.15) is 47.2 Å². The number of alkyl halides is 2. The van der Waals surface area contributed by atoms with Crippen molar-refractivity contribution in [3.8, 4) is 0 Å². The molecule has 0 unspecified atom stereocenters. The lowest BCUT2D eigenvalue weighted by atomic mass is 10.1. The standard InChI is InChI=1S/C30H31F2N7O3S/c1-30(31,32)28(42)33-19-22-11-7-10-21(16-22)18-26(41)35-29-39-38-27(43-29)13-6-5-12-23-14-15-24(37-36-23)34-25(40)17-20-8-3-2-4-9-20/h2-4,7-11,14-16H,5-6,12-13,17-19H2,1H3,(H,33,42)(H,34,37,40)(H,35,39,41). The van der Waals surface area contributed by atoms with Crippen LogP contribution < -0.4 is 16.0 Å². The first-order chi connectivity index (χ1) is 20.6. The Morgan fingerprint density at radius 3 is 2.21 bits per heavy atom. The van der Waals surface area contributed by atoms with Gasteiger partial charge in [0.25, 0.3) is 5.91 Å². The topological polar surface area (TPSA) is 139 Å². The molecule has 3 amide bonds. The van der Waals surface area contributed by atoms with Crippen molar-refractivity contribution in [3.05, 3.63) is 94.1 Å². The van der Waals surface area contributed by atoms with E-state index < -0.39 is 11.8 Å². The molecule has 0 aliphatic heterocycles. The number of benzene rings is 2. The Morgan fingerprint density at radius 1 is 0.767 bits per heavy atom. The number of nitrogens with one attached hydrogen (secondary N) is 3. The lowest BCUT2D eigenvalue weighted by molar-refractivity contribution is -0.143. The monoisotopic (exact) mass is 607 g/mol. The third-order valence-corrected chi connectivity index (χ3v) is 7.09.